The lowest BCUT2D eigenvalue weighted by Gasteiger charge is -2.10. The van der Waals surface area contributed by atoms with Gasteiger partial charge < -0.3 is 14.9 Å². The molecule has 0 saturated carbocycles. The van der Waals surface area contributed by atoms with Crippen LogP contribution >= 0.6 is 0 Å². The summed E-state index contributed by atoms with van der Waals surface area (Å²) < 4.78 is 19.2. The number of carboxylic acids is 1. The maximum absolute atomic E-state index is 13.8. The number of hydrogen-bond donors (Lipinski definition) is 2. The number of carbonyl (C=O) groups is 1. The molecule has 4 nitrogen and oxygen atoms in total. The number of rotatable bonds is 5. The lowest BCUT2D eigenvalue weighted by molar-refractivity contribution is -0.131. The summed E-state index contributed by atoms with van der Waals surface area (Å²) in [5, 5.41) is 17.8. The Balaban J connectivity index is 2.18. The Morgan fingerprint density at radius 1 is 1.19 bits per heavy atom. The number of para-hydroxylation sites is 1. The molecule has 0 unspecified atom stereocenters. The van der Waals surface area contributed by atoms with Gasteiger partial charge in [-0.2, -0.15) is 0 Å². The molecule has 0 fully saturated rings. The van der Waals surface area contributed by atoms with E-state index in [-0.39, 0.29) is 18.1 Å². The smallest absolute Gasteiger partial charge is 0.328 e. The Bertz CT molecular complexity index is 662. The van der Waals surface area contributed by atoms with Crippen LogP contribution in [0.2, 0.25) is 0 Å². The van der Waals surface area contributed by atoms with Crippen LogP contribution in [0.5, 0.6) is 11.5 Å². The Morgan fingerprint density at radius 2 is 1.90 bits per heavy atom. The molecule has 0 aromatic heterocycles. The van der Waals surface area contributed by atoms with Crippen LogP contribution in [0.3, 0.4) is 0 Å². The highest BCUT2D eigenvalue weighted by atomic mass is 19.1. The summed E-state index contributed by atoms with van der Waals surface area (Å²) in [5.41, 5.74) is 1.10. The molecule has 0 atom stereocenters. The van der Waals surface area contributed by atoms with Crippen molar-refractivity contribution in [3.63, 3.8) is 0 Å². The van der Waals surface area contributed by atoms with E-state index in [0.29, 0.717) is 5.56 Å². The minimum Gasteiger partial charge on any atom is -0.508 e. The van der Waals surface area contributed by atoms with Crippen molar-refractivity contribution in [2.75, 3.05) is 0 Å². The highest BCUT2D eigenvalue weighted by molar-refractivity contribution is 5.85. The van der Waals surface area contributed by atoms with Gasteiger partial charge in [-0.15, -0.1) is 0 Å². The fraction of sp³-hybridized carbons (Fsp3) is 0.0625. The van der Waals surface area contributed by atoms with Crippen molar-refractivity contribution < 1.29 is 24.1 Å². The zero-order chi connectivity index (χ0) is 15.2. The van der Waals surface area contributed by atoms with E-state index in [1.54, 1.807) is 18.2 Å². The largest absolute Gasteiger partial charge is 0.508 e. The zero-order valence-electron chi connectivity index (χ0n) is 11.0. The number of halogens is 1. The molecular weight excluding hydrogens is 275 g/mol. The summed E-state index contributed by atoms with van der Waals surface area (Å²) in [5.74, 6) is -1.57. The number of phenols is 1. The average molecular weight is 288 g/mol. The summed E-state index contributed by atoms with van der Waals surface area (Å²) in [6, 6.07) is 10.6. The second-order valence-electron chi connectivity index (χ2n) is 4.28. The molecule has 108 valence electrons. The topological polar surface area (TPSA) is 66.8 Å². The third-order valence-corrected chi connectivity index (χ3v) is 2.72. The fourth-order valence-electron chi connectivity index (χ4n) is 1.72. The molecule has 2 rings (SSSR count). The van der Waals surface area contributed by atoms with Gasteiger partial charge in [-0.05, 0) is 29.8 Å². The first-order chi connectivity index (χ1) is 10.1. The average Bonchev–Trinajstić information content (AvgIpc) is 2.46. The SMILES string of the molecule is O=C(O)/C=C/c1cccc(F)c1OCc1ccc(O)cc1. The van der Waals surface area contributed by atoms with Gasteiger partial charge in [0.25, 0.3) is 0 Å². The van der Waals surface area contributed by atoms with Gasteiger partial charge in [0.15, 0.2) is 11.6 Å². The molecule has 0 bridgehead atoms. The quantitative estimate of drug-likeness (QED) is 0.829. The van der Waals surface area contributed by atoms with Crippen molar-refractivity contribution in [3.8, 4) is 11.5 Å². The molecule has 0 aliphatic carbocycles. The summed E-state index contributed by atoms with van der Waals surface area (Å²) in [6.07, 6.45) is 2.19. The van der Waals surface area contributed by atoms with Gasteiger partial charge in [-0.3, -0.25) is 0 Å². The predicted molar refractivity (Wildman–Crippen MR) is 75.5 cm³/mol. The van der Waals surface area contributed by atoms with Crippen molar-refractivity contribution in [3.05, 3.63) is 65.5 Å². The van der Waals surface area contributed by atoms with Crippen molar-refractivity contribution >= 4 is 12.0 Å². The monoisotopic (exact) mass is 288 g/mol. The highest BCUT2D eigenvalue weighted by Crippen LogP contribution is 2.25. The van der Waals surface area contributed by atoms with Crippen LogP contribution in [0.25, 0.3) is 6.08 Å². The molecule has 2 aromatic carbocycles. The Kier molecular flexibility index (Phi) is 4.56. The highest BCUT2D eigenvalue weighted by Gasteiger charge is 2.08. The lowest BCUT2D eigenvalue weighted by atomic mass is 10.1. The number of phenolic OH excluding ortho intramolecular Hbond substituents is 1. The zero-order valence-corrected chi connectivity index (χ0v) is 11.0. The third kappa shape index (κ3) is 4.07. The molecule has 0 radical (unpaired) electrons. The molecule has 21 heavy (non-hydrogen) atoms. The number of carboxylic acid groups (broad SMARTS) is 1. The maximum Gasteiger partial charge on any atom is 0.328 e. The van der Waals surface area contributed by atoms with Crippen LogP contribution in [0.4, 0.5) is 4.39 Å². The molecule has 2 N–H and O–H groups in total. The van der Waals surface area contributed by atoms with E-state index in [4.69, 9.17) is 9.84 Å². The summed E-state index contributed by atoms with van der Waals surface area (Å²) in [7, 11) is 0. The van der Waals surface area contributed by atoms with Gasteiger partial charge in [0, 0.05) is 11.6 Å². The van der Waals surface area contributed by atoms with Crippen LogP contribution in [-0.2, 0) is 11.4 Å². The minimum absolute atomic E-state index is 0.0110. The van der Waals surface area contributed by atoms with Crippen molar-refractivity contribution in [2.24, 2.45) is 0 Å². The van der Waals surface area contributed by atoms with E-state index in [0.717, 1.165) is 11.6 Å². The maximum atomic E-state index is 13.8. The fourth-order valence-corrected chi connectivity index (χ4v) is 1.72. The van der Waals surface area contributed by atoms with E-state index in [9.17, 15) is 14.3 Å². The van der Waals surface area contributed by atoms with Gasteiger partial charge in [0.05, 0.1) is 0 Å². The second-order valence-corrected chi connectivity index (χ2v) is 4.28. The first-order valence-electron chi connectivity index (χ1n) is 6.16. The predicted octanol–water partition coefficient (Wildman–Crippen LogP) is 3.21. The number of hydrogen-bond acceptors (Lipinski definition) is 3. The van der Waals surface area contributed by atoms with Crippen molar-refractivity contribution in [1.82, 2.24) is 0 Å². The van der Waals surface area contributed by atoms with E-state index in [1.807, 2.05) is 0 Å². The minimum atomic E-state index is -1.12. The van der Waals surface area contributed by atoms with Crippen molar-refractivity contribution in [1.29, 1.82) is 0 Å². The van der Waals surface area contributed by atoms with Crippen molar-refractivity contribution in [2.45, 2.75) is 6.61 Å². The Labute approximate surface area is 120 Å². The molecule has 0 aliphatic rings. The normalized spacial score (nSPS) is 10.7. The van der Waals surface area contributed by atoms with Gasteiger partial charge in [-0.25, -0.2) is 9.18 Å². The van der Waals surface area contributed by atoms with Crippen LogP contribution < -0.4 is 4.74 Å². The lowest BCUT2D eigenvalue weighted by Crippen LogP contribution is -1.99. The first-order valence-corrected chi connectivity index (χ1v) is 6.16. The van der Waals surface area contributed by atoms with Crippen LogP contribution in [0, 0.1) is 5.82 Å². The third-order valence-electron chi connectivity index (χ3n) is 2.72. The summed E-state index contributed by atoms with van der Waals surface area (Å²) >= 11 is 0. The van der Waals surface area contributed by atoms with E-state index in [1.165, 1.54) is 30.3 Å². The number of benzene rings is 2. The van der Waals surface area contributed by atoms with Gasteiger partial charge in [-0.1, -0.05) is 24.3 Å². The first kappa shape index (κ1) is 14.6. The molecule has 5 heteroatoms. The van der Waals surface area contributed by atoms with Gasteiger partial charge in [0.2, 0.25) is 0 Å². The summed E-state index contributed by atoms with van der Waals surface area (Å²) in [4.78, 5) is 10.5. The number of ether oxygens (including phenoxy) is 1. The van der Waals surface area contributed by atoms with Crippen LogP contribution in [-0.4, -0.2) is 16.2 Å². The van der Waals surface area contributed by atoms with Crippen LogP contribution in [0.15, 0.2) is 48.5 Å². The molecule has 0 heterocycles. The molecule has 0 spiro atoms. The van der Waals surface area contributed by atoms with E-state index < -0.39 is 11.8 Å². The molecule has 0 saturated heterocycles. The van der Waals surface area contributed by atoms with E-state index in [2.05, 4.69) is 0 Å². The standard InChI is InChI=1S/C16H13FO4/c17-14-3-1-2-12(6-9-15(19)20)16(14)21-10-11-4-7-13(18)8-5-11/h1-9,18H,10H2,(H,19,20)/b9-6+. The van der Waals surface area contributed by atoms with Crippen LogP contribution in [0.1, 0.15) is 11.1 Å². The Morgan fingerprint density at radius 3 is 2.57 bits per heavy atom. The number of aromatic hydroxyl groups is 1. The van der Waals surface area contributed by atoms with Gasteiger partial charge >= 0.3 is 5.97 Å². The summed E-state index contributed by atoms with van der Waals surface area (Å²) in [6.45, 7) is 0.106. The van der Waals surface area contributed by atoms with E-state index >= 15 is 0 Å². The Hall–Kier alpha value is -2.82. The molecule has 0 amide bonds. The molecule has 0 aliphatic heterocycles. The molecular formula is C16H13FO4. The number of aliphatic carboxylic acids is 1. The van der Waals surface area contributed by atoms with Gasteiger partial charge in [0.1, 0.15) is 12.4 Å². The molecule has 2 aromatic rings. The second kappa shape index (κ2) is 6.56.